The number of rotatable bonds is 1. The highest BCUT2D eigenvalue weighted by Crippen LogP contribution is 2.26. The molecule has 2 rings (SSSR count). The Morgan fingerprint density at radius 2 is 2.31 bits per heavy atom. The lowest BCUT2D eigenvalue weighted by atomic mass is 10.2. The van der Waals surface area contributed by atoms with Crippen LogP contribution in [0.5, 0.6) is 0 Å². The summed E-state index contributed by atoms with van der Waals surface area (Å²) in [5, 5.41) is 9.24. The molecule has 3 nitrogen and oxygen atoms in total. The van der Waals surface area contributed by atoms with Gasteiger partial charge in [0, 0.05) is 5.02 Å². The average Bonchev–Trinajstić information content (AvgIpc) is 2.49. The minimum absolute atomic E-state index is 0.213. The summed E-state index contributed by atoms with van der Waals surface area (Å²) in [5.74, 6) is -0.975. The van der Waals surface area contributed by atoms with Gasteiger partial charge in [-0.2, -0.15) is 0 Å². The Kier molecular flexibility index (Phi) is 1.94. The molecule has 1 N–H and O–H groups in total. The molecule has 1 heterocycles. The van der Waals surface area contributed by atoms with Crippen molar-refractivity contribution >= 4 is 39.1 Å². The molecule has 0 unspecified atom stereocenters. The van der Waals surface area contributed by atoms with Crippen molar-refractivity contribution in [2.24, 2.45) is 0 Å². The second-order valence-corrected chi connectivity index (χ2v) is 3.75. The zero-order valence-corrected chi connectivity index (χ0v) is 7.89. The normalized spacial score (nSPS) is 10.5. The quantitative estimate of drug-likeness (QED) is 0.792. The van der Waals surface area contributed by atoms with Crippen LogP contribution in [0.1, 0.15) is 10.4 Å². The van der Waals surface area contributed by atoms with Crippen molar-refractivity contribution < 1.29 is 9.90 Å². The smallest absolute Gasteiger partial charge is 0.337 e. The molecule has 0 amide bonds. The van der Waals surface area contributed by atoms with Crippen molar-refractivity contribution in [1.82, 2.24) is 4.98 Å². The van der Waals surface area contributed by atoms with Crippen molar-refractivity contribution in [3.63, 3.8) is 0 Å². The molecule has 13 heavy (non-hydrogen) atoms. The molecule has 0 bridgehead atoms. The molecule has 0 saturated heterocycles. The second kappa shape index (κ2) is 2.97. The highest BCUT2D eigenvalue weighted by molar-refractivity contribution is 7.17. The van der Waals surface area contributed by atoms with Gasteiger partial charge in [-0.1, -0.05) is 11.6 Å². The Morgan fingerprint density at radius 3 is 3.00 bits per heavy atom. The van der Waals surface area contributed by atoms with Crippen LogP contribution in [-0.2, 0) is 0 Å². The standard InChI is InChI=1S/C8H4ClNO2S/c9-4-1-5(8(11)12)7-6(2-4)10-3-13-7/h1-3H,(H,11,12). The molecular weight excluding hydrogens is 210 g/mol. The topological polar surface area (TPSA) is 50.2 Å². The summed E-state index contributed by atoms with van der Waals surface area (Å²) in [7, 11) is 0. The van der Waals surface area contributed by atoms with E-state index < -0.39 is 5.97 Å². The molecule has 0 saturated carbocycles. The number of benzene rings is 1. The molecule has 5 heteroatoms. The number of nitrogens with zero attached hydrogens (tertiary/aromatic N) is 1. The monoisotopic (exact) mass is 213 g/mol. The molecule has 1 aromatic heterocycles. The lowest BCUT2D eigenvalue weighted by molar-refractivity contribution is 0.0699. The van der Waals surface area contributed by atoms with E-state index in [-0.39, 0.29) is 5.56 Å². The Hall–Kier alpha value is -1.13. The third-order valence-corrected chi connectivity index (χ3v) is 2.72. The molecule has 0 fully saturated rings. The molecule has 66 valence electrons. The summed E-state index contributed by atoms with van der Waals surface area (Å²) < 4.78 is 0.664. The van der Waals surface area contributed by atoms with Crippen LogP contribution in [0.4, 0.5) is 0 Å². The molecule has 0 aliphatic heterocycles. The number of carbonyl (C=O) groups is 1. The Labute approximate surface area is 82.6 Å². The second-order valence-electron chi connectivity index (χ2n) is 2.46. The summed E-state index contributed by atoms with van der Waals surface area (Å²) in [6, 6.07) is 3.09. The molecule has 0 aliphatic rings. The first-order chi connectivity index (χ1) is 6.18. The van der Waals surface area contributed by atoms with Gasteiger partial charge in [-0.25, -0.2) is 9.78 Å². The average molecular weight is 214 g/mol. The molecule has 0 aliphatic carbocycles. The summed E-state index contributed by atoms with van der Waals surface area (Å²) in [6.07, 6.45) is 0. The van der Waals surface area contributed by atoms with Crippen LogP contribution >= 0.6 is 22.9 Å². The predicted octanol–water partition coefficient (Wildman–Crippen LogP) is 2.65. The molecule has 0 atom stereocenters. The van der Waals surface area contributed by atoms with E-state index in [1.54, 1.807) is 11.6 Å². The van der Waals surface area contributed by atoms with Gasteiger partial charge in [0.15, 0.2) is 0 Å². The van der Waals surface area contributed by atoms with Gasteiger partial charge < -0.3 is 5.11 Å². The van der Waals surface area contributed by atoms with Gasteiger partial charge in [0.05, 0.1) is 21.3 Å². The van der Waals surface area contributed by atoms with Crippen molar-refractivity contribution in [2.75, 3.05) is 0 Å². The van der Waals surface area contributed by atoms with Crippen molar-refractivity contribution in [3.05, 3.63) is 28.2 Å². The van der Waals surface area contributed by atoms with E-state index in [2.05, 4.69) is 4.98 Å². The Bertz CT molecular complexity index is 480. The number of aromatic nitrogens is 1. The third-order valence-electron chi connectivity index (χ3n) is 1.63. The predicted molar refractivity (Wildman–Crippen MR) is 51.6 cm³/mol. The van der Waals surface area contributed by atoms with Gasteiger partial charge in [-0.3, -0.25) is 0 Å². The lowest BCUT2D eigenvalue weighted by Crippen LogP contribution is -1.95. The number of hydrogen-bond acceptors (Lipinski definition) is 3. The minimum atomic E-state index is -0.975. The minimum Gasteiger partial charge on any atom is -0.478 e. The van der Waals surface area contributed by atoms with Crippen LogP contribution in [0.25, 0.3) is 10.2 Å². The SMILES string of the molecule is O=C(O)c1cc(Cl)cc2ncsc12. The fourth-order valence-electron chi connectivity index (χ4n) is 1.09. The van der Waals surface area contributed by atoms with Crippen LogP contribution in [-0.4, -0.2) is 16.1 Å². The van der Waals surface area contributed by atoms with Gasteiger partial charge in [-0.05, 0) is 12.1 Å². The number of hydrogen-bond donors (Lipinski definition) is 1. The van der Waals surface area contributed by atoms with Gasteiger partial charge in [0.1, 0.15) is 0 Å². The number of aromatic carboxylic acids is 1. The van der Waals surface area contributed by atoms with Gasteiger partial charge in [0.2, 0.25) is 0 Å². The van der Waals surface area contributed by atoms with E-state index >= 15 is 0 Å². The molecule has 0 spiro atoms. The van der Waals surface area contributed by atoms with Crippen LogP contribution in [0.15, 0.2) is 17.6 Å². The van der Waals surface area contributed by atoms with E-state index in [9.17, 15) is 4.79 Å². The first-order valence-electron chi connectivity index (χ1n) is 3.44. The fraction of sp³-hybridized carbons (Fsp3) is 0. The van der Waals surface area contributed by atoms with Crippen LogP contribution in [0, 0.1) is 0 Å². The highest BCUT2D eigenvalue weighted by Gasteiger charge is 2.11. The van der Waals surface area contributed by atoms with Crippen LogP contribution in [0.2, 0.25) is 5.02 Å². The van der Waals surface area contributed by atoms with Crippen LogP contribution in [0.3, 0.4) is 0 Å². The van der Waals surface area contributed by atoms with Gasteiger partial charge in [0.25, 0.3) is 0 Å². The van der Waals surface area contributed by atoms with Crippen molar-refractivity contribution in [1.29, 1.82) is 0 Å². The zero-order valence-electron chi connectivity index (χ0n) is 6.32. The van der Waals surface area contributed by atoms with E-state index in [0.29, 0.717) is 15.2 Å². The molecule has 0 radical (unpaired) electrons. The summed E-state index contributed by atoms with van der Waals surface area (Å²) >= 11 is 7.03. The first-order valence-corrected chi connectivity index (χ1v) is 4.70. The molecular formula is C8H4ClNO2S. The maximum absolute atomic E-state index is 10.8. The van der Waals surface area contributed by atoms with Crippen molar-refractivity contribution in [2.45, 2.75) is 0 Å². The first kappa shape index (κ1) is 8.47. The van der Waals surface area contributed by atoms with Crippen molar-refractivity contribution in [3.8, 4) is 0 Å². The van der Waals surface area contributed by atoms with E-state index in [4.69, 9.17) is 16.7 Å². The van der Waals surface area contributed by atoms with Gasteiger partial charge in [-0.15, -0.1) is 11.3 Å². The number of halogens is 1. The molecule has 1 aromatic carbocycles. The summed E-state index contributed by atoms with van der Waals surface area (Å²) in [5.41, 5.74) is 2.45. The number of carboxylic acid groups (broad SMARTS) is 1. The number of thiazole rings is 1. The summed E-state index contributed by atoms with van der Waals surface area (Å²) in [6.45, 7) is 0. The largest absolute Gasteiger partial charge is 0.478 e. The highest BCUT2D eigenvalue weighted by atomic mass is 35.5. The maximum atomic E-state index is 10.8. The Balaban J connectivity index is 2.84. The van der Waals surface area contributed by atoms with E-state index in [1.807, 2.05) is 0 Å². The Morgan fingerprint density at radius 1 is 1.54 bits per heavy atom. The van der Waals surface area contributed by atoms with E-state index in [0.717, 1.165) is 0 Å². The zero-order chi connectivity index (χ0) is 9.42. The maximum Gasteiger partial charge on any atom is 0.337 e. The number of fused-ring (bicyclic) bond motifs is 1. The third kappa shape index (κ3) is 1.38. The lowest BCUT2D eigenvalue weighted by Gasteiger charge is -1.96. The summed E-state index contributed by atoms with van der Waals surface area (Å²) in [4.78, 5) is 14.8. The number of carboxylic acids is 1. The van der Waals surface area contributed by atoms with Crippen LogP contribution < -0.4 is 0 Å². The van der Waals surface area contributed by atoms with E-state index in [1.165, 1.54) is 17.4 Å². The van der Waals surface area contributed by atoms with Gasteiger partial charge >= 0.3 is 5.97 Å². The fourth-order valence-corrected chi connectivity index (χ4v) is 2.08. The molecule has 2 aromatic rings.